The number of ether oxygens (including phenoxy) is 3. The summed E-state index contributed by atoms with van der Waals surface area (Å²) in [5.41, 5.74) is 0.891. The molecule has 6 nitrogen and oxygen atoms in total. The molecular formula is C19H20ClNO5. The second kappa shape index (κ2) is 8.29. The van der Waals surface area contributed by atoms with Crippen LogP contribution in [0.5, 0.6) is 11.5 Å². The topological polar surface area (TPSA) is 68.2 Å². The highest BCUT2D eigenvalue weighted by molar-refractivity contribution is 6.30. The number of nitrogens with zero attached hydrogens (tertiary/aromatic N) is 1. The molecule has 0 spiro atoms. The lowest BCUT2D eigenvalue weighted by Crippen LogP contribution is -2.48. The van der Waals surface area contributed by atoms with Crippen LogP contribution < -0.4 is 9.47 Å². The van der Waals surface area contributed by atoms with Crippen LogP contribution >= 0.6 is 11.6 Å². The molecule has 1 amide bonds. The summed E-state index contributed by atoms with van der Waals surface area (Å²) in [6.07, 6.45) is -1.90. The van der Waals surface area contributed by atoms with Crippen molar-refractivity contribution in [3.05, 3.63) is 59.1 Å². The van der Waals surface area contributed by atoms with Gasteiger partial charge in [0.1, 0.15) is 6.10 Å². The van der Waals surface area contributed by atoms with Gasteiger partial charge in [-0.25, -0.2) is 4.79 Å². The Kier molecular flexibility index (Phi) is 5.85. The van der Waals surface area contributed by atoms with Crippen molar-refractivity contribution in [1.29, 1.82) is 0 Å². The van der Waals surface area contributed by atoms with Gasteiger partial charge in [-0.3, -0.25) is 0 Å². The van der Waals surface area contributed by atoms with Crippen molar-refractivity contribution in [3.8, 4) is 11.5 Å². The molecule has 0 unspecified atom stereocenters. The summed E-state index contributed by atoms with van der Waals surface area (Å²) in [6.45, 7) is 0.893. The Labute approximate surface area is 156 Å². The smallest absolute Gasteiger partial charge is 0.407 e. The maximum absolute atomic E-state index is 11.4. The van der Waals surface area contributed by atoms with Gasteiger partial charge in [0, 0.05) is 17.6 Å². The van der Waals surface area contributed by atoms with Crippen LogP contribution in [0.3, 0.4) is 0 Å². The molecule has 2 atom stereocenters. The van der Waals surface area contributed by atoms with Gasteiger partial charge in [-0.15, -0.1) is 0 Å². The first kappa shape index (κ1) is 18.4. The first-order valence-electron chi connectivity index (χ1n) is 8.23. The standard InChI is InChI=1S/C19H20ClNO5/c1-24-16-11-14(20)7-8-15(16)26-18(13-5-3-2-4-6-13)17-12-21(19(22)23)9-10-25-17/h2-8,11,17-18H,9-10,12H2,1H3,(H,22,23)/t17-,18-/m1/s1. The van der Waals surface area contributed by atoms with Crippen LogP contribution in [-0.4, -0.2) is 49.0 Å². The number of hydrogen-bond donors (Lipinski definition) is 1. The Hall–Kier alpha value is -2.44. The number of rotatable bonds is 5. The Morgan fingerprint density at radius 2 is 2.04 bits per heavy atom. The molecule has 3 rings (SSSR count). The molecule has 1 N–H and O–H groups in total. The Balaban J connectivity index is 1.91. The molecule has 0 aliphatic carbocycles. The zero-order valence-electron chi connectivity index (χ0n) is 14.3. The summed E-state index contributed by atoms with van der Waals surface area (Å²) in [7, 11) is 1.54. The molecule has 26 heavy (non-hydrogen) atoms. The molecule has 0 bridgehead atoms. The van der Waals surface area contributed by atoms with E-state index in [9.17, 15) is 9.90 Å². The van der Waals surface area contributed by atoms with Crippen molar-refractivity contribution < 1.29 is 24.1 Å². The second-order valence-corrected chi connectivity index (χ2v) is 6.32. The lowest BCUT2D eigenvalue weighted by Gasteiger charge is -2.36. The van der Waals surface area contributed by atoms with Crippen molar-refractivity contribution in [2.24, 2.45) is 0 Å². The summed E-state index contributed by atoms with van der Waals surface area (Å²) in [5, 5.41) is 9.84. The molecule has 1 aliphatic rings. The quantitative estimate of drug-likeness (QED) is 0.857. The summed E-state index contributed by atoms with van der Waals surface area (Å²) in [5.74, 6) is 1.02. The van der Waals surface area contributed by atoms with Crippen LogP contribution in [-0.2, 0) is 4.74 Å². The number of carbonyl (C=O) groups is 1. The molecule has 7 heteroatoms. The zero-order chi connectivity index (χ0) is 18.5. The van der Waals surface area contributed by atoms with Gasteiger partial charge < -0.3 is 24.2 Å². The van der Waals surface area contributed by atoms with Gasteiger partial charge in [0.05, 0.1) is 20.3 Å². The van der Waals surface area contributed by atoms with Gasteiger partial charge in [0.25, 0.3) is 0 Å². The predicted molar refractivity (Wildman–Crippen MR) is 97.2 cm³/mol. The predicted octanol–water partition coefficient (Wildman–Crippen LogP) is 3.85. The van der Waals surface area contributed by atoms with Crippen molar-refractivity contribution >= 4 is 17.7 Å². The lowest BCUT2D eigenvalue weighted by molar-refractivity contribution is -0.0757. The first-order chi connectivity index (χ1) is 12.6. The number of amides is 1. The molecule has 0 saturated carbocycles. The molecule has 1 saturated heterocycles. The van der Waals surface area contributed by atoms with E-state index in [1.165, 1.54) is 4.90 Å². The average Bonchev–Trinajstić information content (AvgIpc) is 2.67. The van der Waals surface area contributed by atoms with Gasteiger partial charge >= 0.3 is 6.09 Å². The molecule has 0 radical (unpaired) electrons. The van der Waals surface area contributed by atoms with E-state index in [0.29, 0.717) is 29.7 Å². The highest BCUT2D eigenvalue weighted by Crippen LogP contribution is 2.35. The van der Waals surface area contributed by atoms with Crippen molar-refractivity contribution in [2.75, 3.05) is 26.8 Å². The van der Waals surface area contributed by atoms with Crippen molar-refractivity contribution in [3.63, 3.8) is 0 Å². The maximum atomic E-state index is 11.4. The second-order valence-electron chi connectivity index (χ2n) is 5.88. The van der Waals surface area contributed by atoms with Gasteiger partial charge in [0.2, 0.25) is 0 Å². The van der Waals surface area contributed by atoms with E-state index < -0.39 is 18.3 Å². The molecule has 1 aliphatic heterocycles. The molecule has 1 fully saturated rings. The van der Waals surface area contributed by atoms with Gasteiger partial charge in [-0.1, -0.05) is 41.9 Å². The molecular weight excluding hydrogens is 358 g/mol. The third kappa shape index (κ3) is 4.20. The Morgan fingerprint density at radius 1 is 1.27 bits per heavy atom. The highest BCUT2D eigenvalue weighted by Gasteiger charge is 2.33. The number of halogens is 1. The minimum atomic E-state index is -0.964. The normalized spacial score (nSPS) is 18.2. The first-order valence-corrected chi connectivity index (χ1v) is 8.61. The summed E-state index contributed by atoms with van der Waals surface area (Å²) in [4.78, 5) is 12.7. The average molecular weight is 378 g/mol. The fourth-order valence-electron chi connectivity index (χ4n) is 2.91. The number of carboxylic acid groups (broad SMARTS) is 1. The van der Waals surface area contributed by atoms with Crippen molar-refractivity contribution in [2.45, 2.75) is 12.2 Å². The molecule has 2 aromatic carbocycles. The highest BCUT2D eigenvalue weighted by atomic mass is 35.5. The van der Waals surface area contributed by atoms with E-state index in [-0.39, 0.29) is 6.54 Å². The van der Waals surface area contributed by atoms with E-state index in [2.05, 4.69) is 0 Å². The van der Waals surface area contributed by atoms with Crippen LogP contribution in [0.15, 0.2) is 48.5 Å². The van der Waals surface area contributed by atoms with E-state index in [1.807, 2.05) is 30.3 Å². The van der Waals surface area contributed by atoms with Gasteiger partial charge in [-0.2, -0.15) is 0 Å². The van der Waals surface area contributed by atoms with E-state index in [1.54, 1.807) is 25.3 Å². The fraction of sp³-hybridized carbons (Fsp3) is 0.316. The molecule has 2 aromatic rings. The van der Waals surface area contributed by atoms with E-state index >= 15 is 0 Å². The van der Waals surface area contributed by atoms with E-state index in [4.69, 9.17) is 25.8 Å². The lowest BCUT2D eigenvalue weighted by atomic mass is 10.0. The van der Waals surface area contributed by atoms with Gasteiger partial charge in [0.15, 0.2) is 17.6 Å². The Morgan fingerprint density at radius 3 is 2.73 bits per heavy atom. The third-order valence-electron chi connectivity index (χ3n) is 4.21. The van der Waals surface area contributed by atoms with Crippen molar-refractivity contribution in [1.82, 2.24) is 4.90 Å². The van der Waals surface area contributed by atoms with Gasteiger partial charge in [-0.05, 0) is 17.7 Å². The van der Waals surface area contributed by atoms with E-state index in [0.717, 1.165) is 5.56 Å². The minimum Gasteiger partial charge on any atom is -0.493 e. The number of benzene rings is 2. The number of hydrogen-bond acceptors (Lipinski definition) is 4. The van der Waals surface area contributed by atoms with Crippen LogP contribution in [0.2, 0.25) is 5.02 Å². The van der Waals surface area contributed by atoms with Crippen LogP contribution in [0, 0.1) is 0 Å². The summed E-state index contributed by atoms with van der Waals surface area (Å²) in [6, 6.07) is 14.7. The number of methoxy groups -OCH3 is 1. The summed E-state index contributed by atoms with van der Waals surface area (Å²) >= 11 is 6.02. The molecule has 1 heterocycles. The largest absolute Gasteiger partial charge is 0.493 e. The van der Waals surface area contributed by atoms with Crippen LogP contribution in [0.1, 0.15) is 11.7 Å². The zero-order valence-corrected chi connectivity index (χ0v) is 15.1. The van der Waals surface area contributed by atoms with Crippen LogP contribution in [0.4, 0.5) is 4.79 Å². The molecule has 0 aromatic heterocycles. The fourth-order valence-corrected chi connectivity index (χ4v) is 3.07. The summed E-state index contributed by atoms with van der Waals surface area (Å²) < 4.78 is 17.4. The monoisotopic (exact) mass is 377 g/mol. The van der Waals surface area contributed by atoms with Crippen LogP contribution in [0.25, 0.3) is 0 Å². The SMILES string of the molecule is COc1cc(Cl)ccc1O[C@H](c1ccccc1)[C@H]1CN(C(=O)O)CCO1. The Bertz CT molecular complexity index is 755. The molecule has 138 valence electrons. The maximum Gasteiger partial charge on any atom is 0.407 e. The number of morpholine rings is 1. The third-order valence-corrected chi connectivity index (χ3v) is 4.44. The minimum absolute atomic E-state index is 0.227.